The number of amides is 2. The highest BCUT2D eigenvalue weighted by Crippen LogP contribution is 2.46. The molecule has 0 spiro atoms. The predicted molar refractivity (Wildman–Crippen MR) is 156 cm³/mol. The Morgan fingerprint density at radius 1 is 1.12 bits per heavy atom. The van der Waals surface area contributed by atoms with Gasteiger partial charge >= 0.3 is 12.2 Å². The summed E-state index contributed by atoms with van der Waals surface area (Å²) in [5.41, 5.74) is -0.995. The first kappa shape index (κ1) is 30.6. The van der Waals surface area contributed by atoms with E-state index in [1.807, 2.05) is 18.9 Å². The molecule has 0 bridgehead atoms. The van der Waals surface area contributed by atoms with E-state index in [1.54, 1.807) is 25.7 Å². The fourth-order valence-corrected chi connectivity index (χ4v) is 5.91. The minimum atomic E-state index is -1.08. The highest BCUT2D eigenvalue weighted by atomic mass is 35.5. The summed E-state index contributed by atoms with van der Waals surface area (Å²) < 4.78 is 32.5. The molecule has 1 aromatic heterocycles. The van der Waals surface area contributed by atoms with Crippen LogP contribution in [0.2, 0.25) is 5.02 Å². The summed E-state index contributed by atoms with van der Waals surface area (Å²) in [6.45, 7) is 9.22. The highest BCUT2D eigenvalue weighted by molar-refractivity contribution is 6.35. The third-order valence-corrected chi connectivity index (χ3v) is 7.97. The molecule has 14 heteroatoms. The first-order chi connectivity index (χ1) is 20.2. The lowest BCUT2D eigenvalue weighted by Crippen LogP contribution is -2.57. The van der Waals surface area contributed by atoms with Gasteiger partial charge in [0.1, 0.15) is 45.9 Å². The summed E-state index contributed by atoms with van der Waals surface area (Å²) in [4.78, 5) is 50.2. The van der Waals surface area contributed by atoms with Crippen LogP contribution in [-0.2, 0) is 4.74 Å². The van der Waals surface area contributed by atoms with Gasteiger partial charge in [-0.1, -0.05) is 17.7 Å². The van der Waals surface area contributed by atoms with Crippen molar-refractivity contribution in [1.82, 2.24) is 19.7 Å². The molecule has 1 N–H and O–H groups in total. The van der Waals surface area contributed by atoms with E-state index in [9.17, 15) is 19.5 Å². The van der Waals surface area contributed by atoms with Gasteiger partial charge in [0.2, 0.25) is 0 Å². The highest BCUT2D eigenvalue weighted by Gasteiger charge is 2.42. The molecule has 1 aromatic carbocycles. The van der Waals surface area contributed by atoms with E-state index < -0.39 is 35.6 Å². The van der Waals surface area contributed by atoms with E-state index in [2.05, 4.69) is 4.90 Å². The quantitative estimate of drug-likeness (QED) is 0.395. The lowest BCUT2D eigenvalue weighted by atomic mass is 10.0. The zero-order valence-electron chi connectivity index (χ0n) is 24.7. The summed E-state index contributed by atoms with van der Waals surface area (Å²) in [6.07, 6.45) is -2.12. The molecule has 0 saturated carbocycles. The van der Waals surface area contributed by atoms with Crippen LogP contribution in [-0.4, -0.2) is 114 Å². The van der Waals surface area contributed by atoms with Crippen LogP contribution in [0, 0.1) is 5.82 Å². The molecule has 12 nitrogen and oxygen atoms in total. The number of fused-ring (bicyclic) bond motifs is 2. The fourth-order valence-electron chi connectivity index (χ4n) is 5.63. The van der Waals surface area contributed by atoms with E-state index in [-0.39, 0.29) is 71.4 Å². The number of halogens is 2. The zero-order chi connectivity index (χ0) is 31.2. The number of carbonyl (C=O) groups excluding carboxylic acids is 2. The Morgan fingerprint density at radius 3 is 2.51 bits per heavy atom. The van der Waals surface area contributed by atoms with Crippen molar-refractivity contribution in [3.8, 4) is 22.8 Å². The van der Waals surface area contributed by atoms with Crippen molar-refractivity contribution in [1.29, 1.82) is 0 Å². The van der Waals surface area contributed by atoms with E-state index in [0.717, 1.165) is 0 Å². The van der Waals surface area contributed by atoms with Crippen LogP contribution in [0.25, 0.3) is 11.3 Å². The molecule has 43 heavy (non-hydrogen) atoms. The SMILES string of the molecule is C[C@H]1CN(C)CCN1c1nc(-c2c(F)cccc2OC(=O)OC(C)(C)C)c(Cl)c2c1C(=O)N1CCN(C(=O)O)C[C@@H]1CO2. The Kier molecular flexibility index (Phi) is 8.32. The Labute approximate surface area is 253 Å². The smallest absolute Gasteiger partial charge is 0.489 e. The molecule has 232 valence electrons. The maximum absolute atomic E-state index is 15.6. The number of hydrogen-bond donors (Lipinski definition) is 1. The number of carbonyl (C=O) groups is 3. The number of hydrogen-bond acceptors (Lipinski definition) is 9. The number of nitrogens with zero attached hydrogens (tertiary/aromatic N) is 5. The minimum Gasteiger partial charge on any atom is -0.489 e. The number of likely N-dealkylation sites (N-methyl/N-ethyl adjacent to an activating group) is 1. The maximum Gasteiger partial charge on any atom is 0.514 e. The predicted octanol–water partition coefficient (Wildman–Crippen LogP) is 4.19. The lowest BCUT2D eigenvalue weighted by molar-refractivity contribution is 0.0206. The summed E-state index contributed by atoms with van der Waals surface area (Å²) in [5.74, 6) is -1.06. The summed E-state index contributed by atoms with van der Waals surface area (Å²) in [6, 6.07) is 3.31. The van der Waals surface area contributed by atoms with Crippen LogP contribution >= 0.6 is 11.6 Å². The average Bonchev–Trinajstić information content (AvgIpc) is 3.05. The van der Waals surface area contributed by atoms with Crippen LogP contribution in [0.4, 0.5) is 19.8 Å². The number of rotatable bonds is 3. The van der Waals surface area contributed by atoms with Crippen molar-refractivity contribution >= 4 is 35.6 Å². The third kappa shape index (κ3) is 6.14. The van der Waals surface area contributed by atoms with Crippen molar-refractivity contribution in [2.45, 2.75) is 45.4 Å². The number of anilines is 1. The molecule has 2 atom stereocenters. The van der Waals surface area contributed by atoms with Gasteiger partial charge in [0.15, 0.2) is 5.75 Å². The van der Waals surface area contributed by atoms with Gasteiger partial charge in [0.05, 0.1) is 11.6 Å². The molecular formula is C29H35ClFN5O7. The zero-order valence-corrected chi connectivity index (χ0v) is 25.5. The average molecular weight is 620 g/mol. The van der Waals surface area contributed by atoms with Gasteiger partial charge in [0, 0.05) is 45.3 Å². The second-order valence-electron chi connectivity index (χ2n) is 12.0. The van der Waals surface area contributed by atoms with Gasteiger partial charge in [-0.3, -0.25) is 4.79 Å². The maximum atomic E-state index is 15.6. The van der Waals surface area contributed by atoms with Crippen molar-refractivity contribution in [3.05, 3.63) is 34.6 Å². The van der Waals surface area contributed by atoms with Gasteiger partial charge in [-0.15, -0.1) is 0 Å². The van der Waals surface area contributed by atoms with E-state index in [4.69, 9.17) is 30.8 Å². The molecule has 0 aliphatic carbocycles. The Bertz CT molecular complexity index is 1450. The topological polar surface area (TPSA) is 125 Å². The minimum absolute atomic E-state index is 0.0144. The van der Waals surface area contributed by atoms with Crippen LogP contribution < -0.4 is 14.4 Å². The van der Waals surface area contributed by atoms with Crippen molar-refractivity contribution in [2.24, 2.45) is 0 Å². The molecule has 0 unspecified atom stereocenters. The largest absolute Gasteiger partial charge is 0.514 e. The summed E-state index contributed by atoms with van der Waals surface area (Å²) in [5, 5.41) is 9.41. The summed E-state index contributed by atoms with van der Waals surface area (Å²) in [7, 11) is 2.00. The number of ether oxygens (including phenoxy) is 3. The van der Waals surface area contributed by atoms with Crippen LogP contribution in [0.1, 0.15) is 38.1 Å². The molecule has 2 aromatic rings. The monoisotopic (exact) mass is 619 g/mol. The van der Waals surface area contributed by atoms with Gasteiger partial charge in [0.25, 0.3) is 5.91 Å². The van der Waals surface area contributed by atoms with Crippen LogP contribution in [0.5, 0.6) is 11.5 Å². The molecule has 5 rings (SSSR count). The van der Waals surface area contributed by atoms with Crippen molar-refractivity contribution < 1.29 is 38.1 Å². The molecule has 3 aliphatic rings. The number of benzene rings is 1. The standard InChI is InChI=1S/C29H35ClFN5O7/c1-16-13-33(5)9-11-35(16)25-21-24(41-15-17-14-34(27(38)39)10-12-36(17)26(21)37)22(30)23(32-25)20-18(31)7-6-8-19(20)42-28(40)43-29(2,3)4/h6-8,16-17H,9-15H2,1-5H3,(H,38,39)/t16-,17+/m0/s1. The van der Waals surface area contributed by atoms with Gasteiger partial charge < -0.3 is 38.9 Å². The molecule has 2 fully saturated rings. The van der Waals surface area contributed by atoms with Crippen molar-refractivity contribution in [2.75, 3.05) is 57.8 Å². The molecule has 2 saturated heterocycles. The summed E-state index contributed by atoms with van der Waals surface area (Å²) >= 11 is 6.91. The van der Waals surface area contributed by atoms with Crippen LogP contribution in [0.15, 0.2) is 18.2 Å². The molecule has 4 heterocycles. The van der Waals surface area contributed by atoms with Gasteiger partial charge in [-0.05, 0) is 46.9 Å². The third-order valence-electron chi connectivity index (χ3n) is 7.62. The molecule has 0 radical (unpaired) electrons. The molecule has 2 amide bonds. The van der Waals surface area contributed by atoms with E-state index >= 15 is 4.39 Å². The van der Waals surface area contributed by atoms with Gasteiger partial charge in [-0.25, -0.2) is 19.0 Å². The van der Waals surface area contributed by atoms with Crippen LogP contribution in [0.3, 0.4) is 0 Å². The van der Waals surface area contributed by atoms with E-state index in [0.29, 0.717) is 19.6 Å². The van der Waals surface area contributed by atoms with Gasteiger partial charge in [-0.2, -0.15) is 0 Å². The Hall–Kier alpha value is -3.84. The molecular weight excluding hydrogens is 585 g/mol. The normalized spacial score (nSPS) is 21.0. The number of piperazine rings is 2. The number of pyridine rings is 1. The fraction of sp³-hybridized carbons (Fsp3) is 0.517. The molecule has 3 aliphatic heterocycles. The lowest BCUT2D eigenvalue weighted by Gasteiger charge is -2.41. The first-order valence-electron chi connectivity index (χ1n) is 14.0. The Balaban J connectivity index is 1.66. The number of aromatic nitrogens is 1. The second kappa shape index (κ2) is 11.7. The first-order valence-corrected chi connectivity index (χ1v) is 14.4. The Morgan fingerprint density at radius 2 is 1.84 bits per heavy atom. The van der Waals surface area contributed by atoms with E-state index in [1.165, 1.54) is 23.1 Å². The second-order valence-corrected chi connectivity index (χ2v) is 12.4. The van der Waals surface area contributed by atoms with Crippen molar-refractivity contribution in [3.63, 3.8) is 0 Å². The number of carboxylic acid groups (broad SMARTS) is 1.